The molecular formula is C16H25NO4. The van der Waals surface area contributed by atoms with Crippen LogP contribution in [0.5, 0.6) is 5.75 Å². The number of carbonyl (C=O) groups excluding carboxylic acids is 1. The zero-order valence-electron chi connectivity index (χ0n) is 12.8. The van der Waals surface area contributed by atoms with Crippen LogP contribution < -0.4 is 10.1 Å². The van der Waals surface area contributed by atoms with Gasteiger partial charge < -0.3 is 20.3 Å². The van der Waals surface area contributed by atoms with Crippen molar-refractivity contribution in [1.29, 1.82) is 0 Å². The SMILES string of the molecule is CCCCOc1ccc(CC(=O)NC(C)(CO)CO)cc1. The van der Waals surface area contributed by atoms with Gasteiger partial charge >= 0.3 is 0 Å². The molecule has 21 heavy (non-hydrogen) atoms. The van der Waals surface area contributed by atoms with Crippen LogP contribution in [0.15, 0.2) is 24.3 Å². The van der Waals surface area contributed by atoms with Gasteiger partial charge in [-0.05, 0) is 31.0 Å². The van der Waals surface area contributed by atoms with E-state index in [1.807, 2.05) is 24.3 Å². The molecule has 0 heterocycles. The molecule has 1 aromatic rings. The highest BCUT2D eigenvalue weighted by molar-refractivity contribution is 5.79. The molecule has 0 atom stereocenters. The average Bonchev–Trinajstić information content (AvgIpc) is 2.49. The lowest BCUT2D eigenvalue weighted by molar-refractivity contribution is -0.123. The fourth-order valence-corrected chi connectivity index (χ4v) is 1.73. The normalized spacial score (nSPS) is 11.2. The molecule has 0 fully saturated rings. The minimum atomic E-state index is -0.986. The lowest BCUT2D eigenvalue weighted by Gasteiger charge is -2.26. The van der Waals surface area contributed by atoms with Gasteiger partial charge in [0, 0.05) is 0 Å². The van der Waals surface area contributed by atoms with Gasteiger partial charge in [-0.3, -0.25) is 4.79 Å². The van der Waals surface area contributed by atoms with Crippen molar-refractivity contribution in [3.05, 3.63) is 29.8 Å². The van der Waals surface area contributed by atoms with Crippen LogP contribution in [0.2, 0.25) is 0 Å². The molecule has 0 aliphatic rings. The lowest BCUT2D eigenvalue weighted by Crippen LogP contribution is -2.52. The average molecular weight is 295 g/mol. The Kier molecular flexibility index (Phi) is 7.19. The maximum absolute atomic E-state index is 11.9. The van der Waals surface area contributed by atoms with Gasteiger partial charge in [0.25, 0.3) is 0 Å². The highest BCUT2D eigenvalue weighted by Crippen LogP contribution is 2.13. The van der Waals surface area contributed by atoms with Crippen molar-refractivity contribution >= 4 is 5.91 Å². The third-order valence-electron chi connectivity index (χ3n) is 3.19. The summed E-state index contributed by atoms with van der Waals surface area (Å²) in [6.07, 6.45) is 2.31. The number of amides is 1. The van der Waals surface area contributed by atoms with E-state index in [0.717, 1.165) is 24.2 Å². The number of ether oxygens (including phenoxy) is 1. The van der Waals surface area contributed by atoms with Gasteiger partial charge in [0.1, 0.15) is 5.75 Å². The first-order valence-electron chi connectivity index (χ1n) is 7.27. The molecule has 0 unspecified atom stereocenters. The Labute approximate surface area is 125 Å². The molecule has 5 heteroatoms. The Morgan fingerprint density at radius 3 is 2.38 bits per heavy atom. The standard InChI is InChI=1S/C16H25NO4/c1-3-4-9-21-14-7-5-13(6-8-14)10-15(20)17-16(2,11-18)12-19/h5-8,18-19H,3-4,9-12H2,1-2H3,(H,17,20). The summed E-state index contributed by atoms with van der Waals surface area (Å²) >= 11 is 0. The maximum Gasteiger partial charge on any atom is 0.224 e. The topological polar surface area (TPSA) is 78.8 Å². The zero-order chi connectivity index (χ0) is 15.7. The molecule has 0 aromatic heterocycles. The van der Waals surface area contributed by atoms with Crippen molar-refractivity contribution in [2.75, 3.05) is 19.8 Å². The van der Waals surface area contributed by atoms with Crippen LogP contribution in [0.4, 0.5) is 0 Å². The first kappa shape index (κ1) is 17.5. The van der Waals surface area contributed by atoms with Crippen molar-refractivity contribution in [3.8, 4) is 5.75 Å². The summed E-state index contributed by atoms with van der Waals surface area (Å²) in [6, 6.07) is 7.37. The first-order valence-corrected chi connectivity index (χ1v) is 7.27. The smallest absolute Gasteiger partial charge is 0.224 e. The second kappa shape index (κ2) is 8.64. The number of benzene rings is 1. The Bertz CT molecular complexity index is 426. The van der Waals surface area contributed by atoms with Crippen molar-refractivity contribution in [3.63, 3.8) is 0 Å². The summed E-state index contributed by atoms with van der Waals surface area (Å²) in [5.41, 5.74) is -0.131. The monoisotopic (exact) mass is 295 g/mol. The number of hydrogen-bond donors (Lipinski definition) is 3. The van der Waals surface area contributed by atoms with Gasteiger partial charge in [-0.2, -0.15) is 0 Å². The van der Waals surface area contributed by atoms with Crippen LogP contribution in [-0.4, -0.2) is 41.5 Å². The van der Waals surface area contributed by atoms with E-state index >= 15 is 0 Å². The van der Waals surface area contributed by atoms with Gasteiger partial charge in [-0.1, -0.05) is 25.5 Å². The number of hydrogen-bond acceptors (Lipinski definition) is 4. The van der Waals surface area contributed by atoms with E-state index < -0.39 is 5.54 Å². The number of nitrogens with one attached hydrogen (secondary N) is 1. The molecule has 0 aliphatic carbocycles. The summed E-state index contributed by atoms with van der Waals surface area (Å²) in [5, 5.41) is 20.9. The van der Waals surface area contributed by atoms with E-state index in [9.17, 15) is 4.79 Å². The minimum Gasteiger partial charge on any atom is -0.494 e. The van der Waals surface area contributed by atoms with E-state index in [1.165, 1.54) is 0 Å². The third kappa shape index (κ3) is 6.14. The molecule has 1 aromatic carbocycles. The molecule has 3 N–H and O–H groups in total. The molecule has 1 amide bonds. The van der Waals surface area contributed by atoms with Gasteiger partial charge in [-0.15, -0.1) is 0 Å². The Balaban J connectivity index is 2.49. The first-order chi connectivity index (χ1) is 10.0. The van der Waals surface area contributed by atoms with E-state index in [-0.39, 0.29) is 25.5 Å². The molecule has 1 rings (SSSR count). The molecule has 118 valence electrons. The van der Waals surface area contributed by atoms with Gasteiger partial charge in [0.05, 0.1) is 31.8 Å². The van der Waals surface area contributed by atoms with E-state index in [0.29, 0.717) is 6.61 Å². The zero-order valence-corrected chi connectivity index (χ0v) is 12.8. The highest BCUT2D eigenvalue weighted by atomic mass is 16.5. The molecule has 0 spiro atoms. The highest BCUT2D eigenvalue weighted by Gasteiger charge is 2.24. The molecule has 0 bridgehead atoms. The summed E-state index contributed by atoms with van der Waals surface area (Å²) in [4.78, 5) is 11.9. The quantitative estimate of drug-likeness (QED) is 0.599. The van der Waals surface area contributed by atoms with Crippen LogP contribution in [0.3, 0.4) is 0 Å². The summed E-state index contributed by atoms with van der Waals surface area (Å²) in [5.74, 6) is 0.559. The second-order valence-electron chi connectivity index (χ2n) is 5.45. The number of carbonyl (C=O) groups is 1. The Morgan fingerprint density at radius 1 is 1.24 bits per heavy atom. The van der Waals surface area contributed by atoms with Crippen molar-refractivity contribution in [2.45, 2.75) is 38.6 Å². The fraction of sp³-hybridized carbons (Fsp3) is 0.562. The predicted molar refractivity (Wildman–Crippen MR) is 81.3 cm³/mol. The van der Waals surface area contributed by atoms with Crippen molar-refractivity contribution in [1.82, 2.24) is 5.32 Å². The predicted octanol–water partition coefficient (Wildman–Crippen LogP) is 1.27. The van der Waals surface area contributed by atoms with Gasteiger partial charge in [0.2, 0.25) is 5.91 Å². The molecule has 0 aliphatic heterocycles. The molecule has 0 saturated carbocycles. The van der Waals surface area contributed by atoms with Crippen LogP contribution in [0.1, 0.15) is 32.3 Å². The maximum atomic E-state index is 11.9. The van der Waals surface area contributed by atoms with E-state index in [2.05, 4.69) is 12.2 Å². The van der Waals surface area contributed by atoms with Gasteiger partial charge in [-0.25, -0.2) is 0 Å². The number of rotatable bonds is 9. The third-order valence-corrected chi connectivity index (χ3v) is 3.19. The van der Waals surface area contributed by atoms with E-state index in [1.54, 1.807) is 6.92 Å². The summed E-state index contributed by atoms with van der Waals surface area (Å²) < 4.78 is 5.56. The Hall–Kier alpha value is -1.59. The minimum absolute atomic E-state index is 0.199. The summed E-state index contributed by atoms with van der Waals surface area (Å²) in [6.45, 7) is 3.79. The molecule has 0 saturated heterocycles. The largest absolute Gasteiger partial charge is 0.494 e. The van der Waals surface area contributed by atoms with Crippen LogP contribution in [0, 0.1) is 0 Å². The molecule has 0 radical (unpaired) electrons. The summed E-state index contributed by atoms with van der Waals surface area (Å²) in [7, 11) is 0. The second-order valence-corrected chi connectivity index (χ2v) is 5.45. The van der Waals surface area contributed by atoms with Crippen molar-refractivity contribution < 1.29 is 19.7 Å². The number of aliphatic hydroxyl groups excluding tert-OH is 2. The molecular weight excluding hydrogens is 270 g/mol. The van der Waals surface area contributed by atoms with Crippen LogP contribution in [-0.2, 0) is 11.2 Å². The van der Waals surface area contributed by atoms with Crippen LogP contribution in [0.25, 0.3) is 0 Å². The molecule has 5 nitrogen and oxygen atoms in total. The van der Waals surface area contributed by atoms with Gasteiger partial charge in [0.15, 0.2) is 0 Å². The fourth-order valence-electron chi connectivity index (χ4n) is 1.73. The number of aliphatic hydroxyl groups is 2. The van der Waals surface area contributed by atoms with Crippen molar-refractivity contribution in [2.24, 2.45) is 0 Å². The number of unbranched alkanes of at least 4 members (excludes halogenated alkanes) is 1. The van der Waals surface area contributed by atoms with E-state index in [4.69, 9.17) is 14.9 Å². The lowest BCUT2D eigenvalue weighted by atomic mass is 10.0. The van der Waals surface area contributed by atoms with Crippen LogP contribution >= 0.6 is 0 Å². The Morgan fingerprint density at radius 2 is 1.86 bits per heavy atom.